The van der Waals surface area contributed by atoms with E-state index in [1.54, 1.807) is 23.8 Å². The molecular formula is C18H22FN5O. The summed E-state index contributed by atoms with van der Waals surface area (Å²) < 4.78 is 20.3. The summed E-state index contributed by atoms with van der Waals surface area (Å²) in [6, 6.07) is 10.0. The third-order valence-electron chi connectivity index (χ3n) is 3.93. The van der Waals surface area contributed by atoms with Gasteiger partial charge in [-0.15, -0.1) is 15.3 Å². The Labute approximate surface area is 146 Å². The molecule has 0 aliphatic heterocycles. The third-order valence-corrected chi connectivity index (χ3v) is 3.93. The number of aromatic nitrogens is 4. The molecule has 0 aliphatic rings. The highest BCUT2D eigenvalue weighted by Gasteiger charge is 2.22. The Morgan fingerprint density at radius 1 is 1.12 bits per heavy atom. The van der Waals surface area contributed by atoms with Gasteiger partial charge < -0.3 is 10.1 Å². The number of hydrogen-bond acceptors (Lipinski definition) is 5. The SMILES string of the molecule is COC(CNc1ccc2nnc(C(C)(C)C)n2n1)c1ccc(F)cc1. The van der Waals surface area contributed by atoms with E-state index in [0.717, 1.165) is 11.4 Å². The fraction of sp³-hybridized carbons (Fsp3) is 0.389. The number of fused-ring (bicyclic) bond motifs is 1. The monoisotopic (exact) mass is 343 g/mol. The molecule has 0 saturated carbocycles. The van der Waals surface area contributed by atoms with Gasteiger partial charge >= 0.3 is 0 Å². The van der Waals surface area contributed by atoms with Crippen LogP contribution in [0.5, 0.6) is 0 Å². The summed E-state index contributed by atoms with van der Waals surface area (Å²) in [6.07, 6.45) is -0.207. The van der Waals surface area contributed by atoms with Crippen molar-refractivity contribution >= 4 is 11.5 Å². The predicted molar refractivity (Wildman–Crippen MR) is 94.1 cm³/mol. The van der Waals surface area contributed by atoms with Gasteiger partial charge in [0, 0.05) is 19.1 Å². The van der Waals surface area contributed by atoms with Crippen molar-refractivity contribution in [3.05, 3.63) is 53.6 Å². The van der Waals surface area contributed by atoms with E-state index in [-0.39, 0.29) is 17.3 Å². The molecule has 0 radical (unpaired) electrons. The number of rotatable bonds is 5. The zero-order valence-electron chi connectivity index (χ0n) is 14.8. The maximum Gasteiger partial charge on any atom is 0.178 e. The Morgan fingerprint density at radius 2 is 1.84 bits per heavy atom. The zero-order valence-corrected chi connectivity index (χ0v) is 14.8. The van der Waals surface area contributed by atoms with E-state index in [0.29, 0.717) is 18.0 Å². The van der Waals surface area contributed by atoms with Crippen molar-refractivity contribution < 1.29 is 9.13 Å². The minimum atomic E-state index is -0.263. The normalized spacial score (nSPS) is 13.2. The molecule has 3 rings (SSSR count). The van der Waals surface area contributed by atoms with Gasteiger partial charge in [0.2, 0.25) is 0 Å². The molecule has 1 N–H and O–H groups in total. The van der Waals surface area contributed by atoms with Crippen molar-refractivity contribution in [3.8, 4) is 0 Å². The van der Waals surface area contributed by atoms with Crippen LogP contribution >= 0.6 is 0 Å². The van der Waals surface area contributed by atoms with Crippen LogP contribution in [0.1, 0.15) is 38.3 Å². The molecule has 0 fully saturated rings. The van der Waals surface area contributed by atoms with Crippen LogP contribution in [-0.4, -0.2) is 33.5 Å². The van der Waals surface area contributed by atoms with Gasteiger partial charge in [0.25, 0.3) is 0 Å². The van der Waals surface area contributed by atoms with Crippen LogP contribution in [0.3, 0.4) is 0 Å². The fourth-order valence-corrected chi connectivity index (χ4v) is 2.56. The van der Waals surface area contributed by atoms with Crippen molar-refractivity contribution in [1.29, 1.82) is 0 Å². The summed E-state index contributed by atoms with van der Waals surface area (Å²) >= 11 is 0. The number of ether oxygens (including phenoxy) is 1. The van der Waals surface area contributed by atoms with Crippen molar-refractivity contribution in [2.24, 2.45) is 0 Å². The molecule has 132 valence electrons. The van der Waals surface area contributed by atoms with Gasteiger partial charge in [-0.05, 0) is 29.8 Å². The maximum absolute atomic E-state index is 13.1. The Morgan fingerprint density at radius 3 is 2.48 bits per heavy atom. The van der Waals surface area contributed by atoms with Gasteiger partial charge in [0.1, 0.15) is 11.6 Å². The molecule has 7 heteroatoms. The van der Waals surface area contributed by atoms with Crippen LogP contribution in [0, 0.1) is 5.82 Å². The summed E-state index contributed by atoms with van der Waals surface area (Å²) in [4.78, 5) is 0. The minimum absolute atomic E-state index is 0.159. The molecule has 0 amide bonds. The van der Waals surface area contributed by atoms with E-state index in [1.807, 2.05) is 12.1 Å². The van der Waals surface area contributed by atoms with Gasteiger partial charge in [0.05, 0.1) is 6.10 Å². The van der Waals surface area contributed by atoms with E-state index in [9.17, 15) is 4.39 Å². The predicted octanol–water partition coefficient (Wildman–Crippen LogP) is 3.36. The van der Waals surface area contributed by atoms with Crippen molar-refractivity contribution in [2.45, 2.75) is 32.3 Å². The lowest BCUT2D eigenvalue weighted by molar-refractivity contribution is 0.114. The topological polar surface area (TPSA) is 64.3 Å². The van der Waals surface area contributed by atoms with Gasteiger partial charge in [0.15, 0.2) is 11.5 Å². The van der Waals surface area contributed by atoms with E-state index in [2.05, 4.69) is 41.4 Å². The van der Waals surface area contributed by atoms with Crippen LogP contribution in [0.25, 0.3) is 5.65 Å². The number of hydrogen-bond donors (Lipinski definition) is 1. The highest BCUT2D eigenvalue weighted by atomic mass is 19.1. The first-order valence-electron chi connectivity index (χ1n) is 8.13. The second-order valence-corrected chi connectivity index (χ2v) is 6.92. The van der Waals surface area contributed by atoms with Crippen LogP contribution in [0.15, 0.2) is 36.4 Å². The molecule has 0 aliphatic carbocycles. The first kappa shape index (κ1) is 17.3. The highest BCUT2D eigenvalue weighted by molar-refractivity contribution is 5.44. The maximum atomic E-state index is 13.1. The lowest BCUT2D eigenvalue weighted by Crippen LogP contribution is -2.19. The first-order chi connectivity index (χ1) is 11.9. The Bertz CT molecular complexity index is 854. The number of halogens is 1. The summed E-state index contributed by atoms with van der Waals surface area (Å²) in [5, 5.41) is 16.2. The largest absolute Gasteiger partial charge is 0.375 e. The Kier molecular flexibility index (Phi) is 4.67. The van der Waals surface area contributed by atoms with Crippen LogP contribution < -0.4 is 5.32 Å². The van der Waals surface area contributed by atoms with E-state index >= 15 is 0 Å². The van der Waals surface area contributed by atoms with Gasteiger partial charge in [-0.1, -0.05) is 32.9 Å². The Hall–Kier alpha value is -2.54. The van der Waals surface area contributed by atoms with Gasteiger partial charge in [-0.25, -0.2) is 4.39 Å². The fourth-order valence-electron chi connectivity index (χ4n) is 2.56. The van der Waals surface area contributed by atoms with Gasteiger partial charge in [-0.2, -0.15) is 4.52 Å². The van der Waals surface area contributed by atoms with Crippen molar-refractivity contribution in [1.82, 2.24) is 19.8 Å². The van der Waals surface area contributed by atoms with E-state index in [4.69, 9.17) is 4.74 Å². The molecule has 2 aromatic heterocycles. The molecule has 0 saturated heterocycles. The average Bonchev–Trinajstić information content (AvgIpc) is 3.00. The second-order valence-electron chi connectivity index (χ2n) is 6.92. The highest BCUT2D eigenvalue weighted by Crippen LogP contribution is 2.21. The summed E-state index contributed by atoms with van der Waals surface area (Å²) in [5.41, 5.74) is 1.45. The number of nitrogens with zero attached hydrogens (tertiary/aromatic N) is 4. The molecule has 1 atom stereocenters. The van der Waals surface area contributed by atoms with E-state index < -0.39 is 0 Å². The molecule has 1 unspecified atom stereocenters. The van der Waals surface area contributed by atoms with Crippen LogP contribution in [-0.2, 0) is 10.2 Å². The van der Waals surface area contributed by atoms with Crippen molar-refractivity contribution in [3.63, 3.8) is 0 Å². The Balaban J connectivity index is 1.79. The zero-order chi connectivity index (χ0) is 18.0. The summed E-state index contributed by atoms with van der Waals surface area (Å²) in [5.74, 6) is 1.23. The third kappa shape index (κ3) is 3.76. The lowest BCUT2D eigenvalue weighted by Gasteiger charge is -2.18. The smallest absolute Gasteiger partial charge is 0.178 e. The number of methoxy groups -OCH3 is 1. The van der Waals surface area contributed by atoms with Crippen molar-refractivity contribution in [2.75, 3.05) is 19.0 Å². The van der Waals surface area contributed by atoms with Gasteiger partial charge in [-0.3, -0.25) is 0 Å². The summed E-state index contributed by atoms with van der Waals surface area (Å²) in [7, 11) is 1.63. The number of benzene rings is 1. The summed E-state index contributed by atoms with van der Waals surface area (Å²) in [6.45, 7) is 6.72. The molecule has 2 heterocycles. The lowest BCUT2D eigenvalue weighted by atomic mass is 9.96. The molecule has 6 nitrogen and oxygen atoms in total. The molecule has 3 aromatic rings. The minimum Gasteiger partial charge on any atom is -0.375 e. The molecule has 1 aromatic carbocycles. The average molecular weight is 343 g/mol. The number of nitrogens with one attached hydrogen (secondary N) is 1. The second kappa shape index (κ2) is 6.76. The number of anilines is 1. The van der Waals surface area contributed by atoms with Crippen LogP contribution in [0.4, 0.5) is 10.2 Å². The molecule has 25 heavy (non-hydrogen) atoms. The molecule has 0 bridgehead atoms. The van der Waals surface area contributed by atoms with E-state index in [1.165, 1.54) is 12.1 Å². The quantitative estimate of drug-likeness (QED) is 0.769. The van der Waals surface area contributed by atoms with Crippen LogP contribution in [0.2, 0.25) is 0 Å². The standard InChI is InChI=1S/C18H22FN5O/c1-18(2,3)17-22-21-16-10-9-15(23-24(16)17)20-11-14(25-4)12-5-7-13(19)8-6-12/h5-10,14H,11H2,1-4H3,(H,20,23). The first-order valence-corrected chi connectivity index (χ1v) is 8.13. The molecule has 0 spiro atoms. The molecular weight excluding hydrogens is 321 g/mol.